The topological polar surface area (TPSA) is 82.2 Å². The van der Waals surface area contributed by atoms with Crippen LogP contribution in [0.2, 0.25) is 0 Å². The Labute approximate surface area is 130 Å². The van der Waals surface area contributed by atoms with Gasteiger partial charge in [-0.25, -0.2) is 15.3 Å². The molecule has 0 aliphatic heterocycles. The molecule has 2 amide bonds. The summed E-state index contributed by atoms with van der Waals surface area (Å²) in [6.07, 6.45) is 7.68. The highest BCUT2D eigenvalue weighted by Crippen LogP contribution is 2.06. The number of carbonyl (C=O) groups is 1. The van der Waals surface area contributed by atoms with Gasteiger partial charge in [0.25, 0.3) is 0 Å². The number of hydrogen-bond donors (Lipinski definition) is 2. The Morgan fingerprint density at radius 1 is 1.23 bits per heavy atom. The van der Waals surface area contributed by atoms with E-state index in [0.29, 0.717) is 6.61 Å². The van der Waals surface area contributed by atoms with Crippen molar-refractivity contribution in [2.24, 2.45) is 5.73 Å². The van der Waals surface area contributed by atoms with Gasteiger partial charge >= 0.3 is 6.03 Å². The minimum absolute atomic E-state index is 0.420. The average molecular weight is 302 g/mol. The zero-order valence-electron chi connectivity index (χ0n) is 12.6. The number of urea groups is 1. The maximum Gasteiger partial charge on any atom is 0.336 e. The van der Waals surface area contributed by atoms with Crippen molar-refractivity contribution in [3.63, 3.8) is 0 Å². The van der Waals surface area contributed by atoms with Crippen molar-refractivity contribution in [2.45, 2.75) is 32.2 Å². The van der Waals surface area contributed by atoms with Crippen LogP contribution in [0, 0.1) is 0 Å². The number of benzene rings is 1. The summed E-state index contributed by atoms with van der Waals surface area (Å²) in [5, 5.41) is 0. The number of primary amides is 1. The van der Waals surface area contributed by atoms with Crippen LogP contribution in [-0.2, 0) is 24.2 Å². The normalized spacial score (nSPS) is 10.5. The van der Waals surface area contributed by atoms with E-state index in [1.54, 1.807) is 0 Å². The molecular formula is C16H22N4O2. The first-order valence-electron chi connectivity index (χ1n) is 7.46. The Bertz CT molecular complexity index is 569. The Kier molecular flexibility index (Phi) is 6.44. The lowest BCUT2D eigenvalue weighted by Crippen LogP contribution is -2.29. The minimum Gasteiger partial charge on any atom is -0.350 e. The van der Waals surface area contributed by atoms with Crippen molar-refractivity contribution >= 4 is 6.03 Å². The molecule has 1 aromatic carbocycles. The molecule has 0 aliphatic rings. The van der Waals surface area contributed by atoms with Gasteiger partial charge in [-0.1, -0.05) is 30.3 Å². The number of carbonyl (C=O) groups excluding carboxylic acids is 1. The van der Waals surface area contributed by atoms with E-state index in [0.717, 1.165) is 37.9 Å². The molecule has 0 fully saturated rings. The first kappa shape index (κ1) is 16.0. The second-order valence-electron chi connectivity index (χ2n) is 5.11. The van der Waals surface area contributed by atoms with E-state index in [4.69, 9.17) is 10.6 Å². The monoisotopic (exact) mass is 302 g/mol. The zero-order valence-corrected chi connectivity index (χ0v) is 12.6. The number of rotatable bonds is 9. The standard InChI is InChI=1S/C16H22N4O2/c17-16(21)19-22-11-5-9-15-12-20(13-18-15)10-4-8-14-6-2-1-3-7-14/h1-3,6-7,12-13H,4-5,8-11H2,(H3,17,19,21). The van der Waals surface area contributed by atoms with Crippen LogP contribution in [0.15, 0.2) is 42.9 Å². The lowest BCUT2D eigenvalue weighted by molar-refractivity contribution is 0.0628. The molecule has 0 saturated heterocycles. The summed E-state index contributed by atoms with van der Waals surface area (Å²) in [5.74, 6) is 0. The summed E-state index contributed by atoms with van der Waals surface area (Å²) in [7, 11) is 0. The first-order valence-corrected chi connectivity index (χ1v) is 7.46. The van der Waals surface area contributed by atoms with Crippen molar-refractivity contribution in [1.82, 2.24) is 15.0 Å². The van der Waals surface area contributed by atoms with Crippen molar-refractivity contribution in [2.75, 3.05) is 6.61 Å². The van der Waals surface area contributed by atoms with Crippen molar-refractivity contribution in [3.8, 4) is 0 Å². The lowest BCUT2D eigenvalue weighted by Gasteiger charge is -2.03. The summed E-state index contributed by atoms with van der Waals surface area (Å²) in [6.45, 7) is 1.38. The lowest BCUT2D eigenvalue weighted by atomic mass is 10.1. The van der Waals surface area contributed by atoms with Crippen LogP contribution < -0.4 is 11.2 Å². The summed E-state index contributed by atoms with van der Waals surface area (Å²) in [4.78, 5) is 19.7. The van der Waals surface area contributed by atoms with Crippen LogP contribution in [0.3, 0.4) is 0 Å². The van der Waals surface area contributed by atoms with Crippen LogP contribution in [0.5, 0.6) is 0 Å². The Hall–Kier alpha value is -2.34. The van der Waals surface area contributed by atoms with E-state index in [2.05, 4.69) is 45.5 Å². The van der Waals surface area contributed by atoms with E-state index < -0.39 is 6.03 Å². The third kappa shape index (κ3) is 5.97. The van der Waals surface area contributed by atoms with Gasteiger partial charge in [0.2, 0.25) is 0 Å². The van der Waals surface area contributed by atoms with Crippen LogP contribution in [0.1, 0.15) is 24.1 Å². The molecule has 118 valence electrons. The van der Waals surface area contributed by atoms with Gasteiger partial charge in [0.15, 0.2) is 0 Å². The minimum atomic E-state index is -0.678. The molecule has 6 nitrogen and oxygen atoms in total. The van der Waals surface area contributed by atoms with E-state index >= 15 is 0 Å². The van der Waals surface area contributed by atoms with E-state index in [1.807, 2.05) is 12.4 Å². The Balaban J connectivity index is 1.63. The van der Waals surface area contributed by atoms with Gasteiger partial charge in [-0.15, -0.1) is 0 Å². The van der Waals surface area contributed by atoms with E-state index in [-0.39, 0.29) is 0 Å². The number of aromatic nitrogens is 2. The largest absolute Gasteiger partial charge is 0.350 e. The molecule has 2 rings (SSSR count). The molecule has 0 aliphatic carbocycles. The van der Waals surface area contributed by atoms with Crippen molar-refractivity contribution in [1.29, 1.82) is 0 Å². The molecule has 22 heavy (non-hydrogen) atoms. The highest BCUT2D eigenvalue weighted by Gasteiger charge is 2.00. The van der Waals surface area contributed by atoms with Crippen LogP contribution >= 0.6 is 0 Å². The number of aryl methyl sites for hydroxylation is 3. The number of imidazole rings is 1. The Morgan fingerprint density at radius 2 is 2.05 bits per heavy atom. The number of nitrogens with one attached hydrogen (secondary N) is 1. The van der Waals surface area contributed by atoms with Gasteiger partial charge in [0.05, 0.1) is 18.6 Å². The third-order valence-electron chi connectivity index (χ3n) is 3.26. The summed E-state index contributed by atoms with van der Waals surface area (Å²) in [6, 6.07) is 9.80. The second kappa shape index (κ2) is 8.84. The first-order chi connectivity index (χ1) is 10.7. The van der Waals surface area contributed by atoms with E-state index in [1.165, 1.54) is 5.56 Å². The summed E-state index contributed by atoms with van der Waals surface area (Å²) < 4.78 is 2.11. The van der Waals surface area contributed by atoms with Crippen LogP contribution in [-0.4, -0.2) is 22.2 Å². The second-order valence-corrected chi connectivity index (χ2v) is 5.11. The van der Waals surface area contributed by atoms with Gasteiger partial charge in [-0.05, 0) is 31.2 Å². The highest BCUT2D eigenvalue weighted by molar-refractivity contribution is 5.70. The molecule has 1 aromatic heterocycles. The number of hydrogen-bond acceptors (Lipinski definition) is 3. The van der Waals surface area contributed by atoms with Crippen LogP contribution in [0.4, 0.5) is 4.79 Å². The van der Waals surface area contributed by atoms with Crippen molar-refractivity contribution in [3.05, 3.63) is 54.1 Å². The van der Waals surface area contributed by atoms with Gasteiger partial charge in [0, 0.05) is 12.7 Å². The zero-order chi connectivity index (χ0) is 15.6. The summed E-state index contributed by atoms with van der Waals surface area (Å²) >= 11 is 0. The average Bonchev–Trinajstić information content (AvgIpc) is 2.95. The molecule has 6 heteroatoms. The Morgan fingerprint density at radius 3 is 2.82 bits per heavy atom. The van der Waals surface area contributed by atoms with Crippen LogP contribution in [0.25, 0.3) is 0 Å². The molecule has 0 spiro atoms. The van der Waals surface area contributed by atoms with Gasteiger partial charge < -0.3 is 10.3 Å². The maximum absolute atomic E-state index is 10.4. The third-order valence-corrected chi connectivity index (χ3v) is 3.26. The van der Waals surface area contributed by atoms with Gasteiger partial charge in [-0.3, -0.25) is 4.84 Å². The van der Waals surface area contributed by atoms with Crippen molar-refractivity contribution < 1.29 is 9.63 Å². The molecule has 0 atom stereocenters. The summed E-state index contributed by atoms with van der Waals surface area (Å²) in [5.41, 5.74) is 9.37. The molecular weight excluding hydrogens is 280 g/mol. The molecule has 1 heterocycles. The van der Waals surface area contributed by atoms with Gasteiger partial charge in [-0.2, -0.15) is 0 Å². The molecule has 0 radical (unpaired) electrons. The fraction of sp³-hybridized carbons (Fsp3) is 0.375. The fourth-order valence-corrected chi connectivity index (χ4v) is 2.22. The smallest absolute Gasteiger partial charge is 0.336 e. The molecule has 3 N–H and O–H groups in total. The predicted molar refractivity (Wildman–Crippen MR) is 84.0 cm³/mol. The molecule has 2 aromatic rings. The highest BCUT2D eigenvalue weighted by atomic mass is 16.7. The fourth-order valence-electron chi connectivity index (χ4n) is 2.22. The molecule has 0 bridgehead atoms. The number of amides is 2. The number of nitrogens with zero attached hydrogens (tertiary/aromatic N) is 2. The number of nitrogens with two attached hydrogens (primary N) is 1. The maximum atomic E-state index is 10.4. The molecule has 0 saturated carbocycles. The van der Waals surface area contributed by atoms with Gasteiger partial charge in [0.1, 0.15) is 0 Å². The quantitative estimate of drug-likeness (QED) is 0.549. The predicted octanol–water partition coefficient (Wildman–Crippen LogP) is 2.05. The van der Waals surface area contributed by atoms with E-state index in [9.17, 15) is 4.79 Å². The number of hydroxylamine groups is 1. The molecule has 0 unspecified atom stereocenters. The SMILES string of the molecule is NC(=O)NOCCCc1cn(CCCc2ccccc2)cn1.